The Bertz CT molecular complexity index is 673. The van der Waals surface area contributed by atoms with Gasteiger partial charge in [-0.15, -0.1) is 0 Å². The summed E-state index contributed by atoms with van der Waals surface area (Å²) in [6.45, 7) is 1.85. The molecule has 2 aromatic rings. The van der Waals surface area contributed by atoms with Crippen LogP contribution >= 0.6 is 0 Å². The van der Waals surface area contributed by atoms with Gasteiger partial charge >= 0.3 is 0 Å². The molecular weight excluding hydrogens is 240 g/mol. The average molecular weight is 252 g/mol. The van der Waals surface area contributed by atoms with Crippen molar-refractivity contribution in [3.8, 4) is 6.07 Å². The number of hydrogen-bond donors (Lipinski definition) is 2. The first-order valence-electron chi connectivity index (χ1n) is 5.63. The van der Waals surface area contributed by atoms with Crippen molar-refractivity contribution in [2.24, 2.45) is 0 Å². The van der Waals surface area contributed by atoms with E-state index in [0.717, 1.165) is 5.56 Å². The third kappa shape index (κ3) is 2.69. The summed E-state index contributed by atoms with van der Waals surface area (Å²) in [6.07, 6.45) is 2.93. The molecule has 5 heteroatoms. The molecular formula is C14H12N4O. The first-order valence-corrected chi connectivity index (χ1v) is 5.63. The highest BCUT2D eigenvalue weighted by atomic mass is 16.1. The van der Waals surface area contributed by atoms with E-state index in [-0.39, 0.29) is 5.91 Å². The van der Waals surface area contributed by atoms with Gasteiger partial charge in [-0.05, 0) is 30.7 Å². The van der Waals surface area contributed by atoms with Gasteiger partial charge in [0.1, 0.15) is 0 Å². The number of nitriles is 1. The first kappa shape index (κ1) is 12.6. The van der Waals surface area contributed by atoms with E-state index in [0.29, 0.717) is 22.5 Å². The molecule has 1 aromatic carbocycles. The Labute approximate surface area is 110 Å². The van der Waals surface area contributed by atoms with Crippen molar-refractivity contribution in [3.63, 3.8) is 0 Å². The molecule has 0 aliphatic rings. The fourth-order valence-corrected chi connectivity index (χ4v) is 1.61. The molecule has 2 rings (SSSR count). The highest BCUT2D eigenvalue weighted by Crippen LogP contribution is 2.18. The highest BCUT2D eigenvalue weighted by molar-refractivity contribution is 6.07. The second-order valence-corrected chi connectivity index (χ2v) is 4.06. The van der Waals surface area contributed by atoms with Gasteiger partial charge in [0, 0.05) is 23.8 Å². The maximum absolute atomic E-state index is 12.1. The lowest BCUT2D eigenvalue weighted by molar-refractivity contribution is 0.102. The molecule has 0 atom stereocenters. The molecule has 0 saturated carbocycles. The van der Waals surface area contributed by atoms with Crippen molar-refractivity contribution in [2.75, 3.05) is 11.1 Å². The Balaban J connectivity index is 2.30. The number of aryl methyl sites for hydroxylation is 1. The molecule has 0 saturated heterocycles. The van der Waals surface area contributed by atoms with Crippen molar-refractivity contribution < 1.29 is 4.79 Å². The Morgan fingerprint density at radius 2 is 2.21 bits per heavy atom. The van der Waals surface area contributed by atoms with Crippen molar-refractivity contribution in [3.05, 3.63) is 53.3 Å². The lowest BCUT2D eigenvalue weighted by atomic mass is 10.1. The summed E-state index contributed by atoms with van der Waals surface area (Å²) in [5.41, 5.74) is 8.33. The van der Waals surface area contributed by atoms with Crippen LogP contribution in [0.5, 0.6) is 0 Å². The van der Waals surface area contributed by atoms with Gasteiger partial charge in [0.05, 0.1) is 17.2 Å². The molecule has 19 heavy (non-hydrogen) atoms. The standard InChI is InChI=1S/C14H12N4O/c1-9-2-3-10(7-15)6-13(9)18-14(19)11-8-17-5-4-12(11)16/h2-6,8H,1H3,(H2,16,17)(H,18,19). The quantitative estimate of drug-likeness (QED) is 0.856. The molecule has 0 aliphatic heterocycles. The van der Waals surface area contributed by atoms with Gasteiger partial charge in [-0.25, -0.2) is 0 Å². The molecule has 0 radical (unpaired) electrons. The van der Waals surface area contributed by atoms with Crippen LogP contribution in [0.4, 0.5) is 11.4 Å². The van der Waals surface area contributed by atoms with E-state index < -0.39 is 0 Å². The molecule has 5 nitrogen and oxygen atoms in total. The summed E-state index contributed by atoms with van der Waals surface area (Å²) in [7, 11) is 0. The zero-order chi connectivity index (χ0) is 13.8. The second-order valence-electron chi connectivity index (χ2n) is 4.06. The molecule has 3 N–H and O–H groups in total. The number of nitrogens with one attached hydrogen (secondary N) is 1. The van der Waals surface area contributed by atoms with Gasteiger partial charge in [-0.2, -0.15) is 5.26 Å². The molecule has 1 aromatic heterocycles. The van der Waals surface area contributed by atoms with Crippen molar-refractivity contribution in [2.45, 2.75) is 6.92 Å². The summed E-state index contributed by atoms with van der Waals surface area (Å²) in [5, 5.41) is 11.6. The minimum absolute atomic E-state index is 0.310. The Morgan fingerprint density at radius 1 is 1.42 bits per heavy atom. The summed E-state index contributed by atoms with van der Waals surface area (Å²) >= 11 is 0. The van der Waals surface area contributed by atoms with Gasteiger partial charge < -0.3 is 11.1 Å². The lowest BCUT2D eigenvalue weighted by Crippen LogP contribution is -2.15. The Hall–Kier alpha value is -2.87. The van der Waals surface area contributed by atoms with E-state index in [4.69, 9.17) is 11.0 Å². The summed E-state index contributed by atoms with van der Waals surface area (Å²) in [6, 6.07) is 8.69. The lowest BCUT2D eigenvalue weighted by Gasteiger charge is -2.09. The number of nitrogen functional groups attached to an aromatic ring is 1. The summed E-state index contributed by atoms with van der Waals surface area (Å²) in [4.78, 5) is 15.9. The first-order chi connectivity index (χ1) is 9.11. The molecule has 1 amide bonds. The number of benzene rings is 1. The number of hydrogen-bond acceptors (Lipinski definition) is 4. The van der Waals surface area contributed by atoms with Gasteiger partial charge in [0.15, 0.2) is 0 Å². The van der Waals surface area contributed by atoms with Crippen molar-refractivity contribution in [1.82, 2.24) is 4.98 Å². The topological polar surface area (TPSA) is 91.8 Å². The van der Waals surface area contributed by atoms with Crippen LogP contribution in [-0.4, -0.2) is 10.9 Å². The summed E-state index contributed by atoms with van der Waals surface area (Å²) in [5.74, 6) is -0.344. The molecule has 1 heterocycles. The smallest absolute Gasteiger partial charge is 0.259 e. The van der Waals surface area contributed by atoms with Crippen molar-refractivity contribution in [1.29, 1.82) is 5.26 Å². The third-order valence-electron chi connectivity index (χ3n) is 2.71. The van der Waals surface area contributed by atoms with Crippen LogP contribution < -0.4 is 11.1 Å². The van der Waals surface area contributed by atoms with Crippen LogP contribution in [0.2, 0.25) is 0 Å². The SMILES string of the molecule is Cc1ccc(C#N)cc1NC(=O)c1cnccc1N. The summed E-state index contributed by atoms with van der Waals surface area (Å²) < 4.78 is 0. The van der Waals surface area contributed by atoms with Crippen LogP contribution in [0.25, 0.3) is 0 Å². The Kier molecular flexibility index (Phi) is 3.44. The number of carbonyl (C=O) groups excluding carboxylic acids is 1. The number of anilines is 2. The predicted molar refractivity (Wildman–Crippen MR) is 72.5 cm³/mol. The maximum Gasteiger partial charge on any atom is 0.259 e. The molecule has 0 fully saturated rings. The van der Waals surface area contributed by atoms with Gasteiger partial charge in [-0.1, -0.05) is 6.07 Å². The number of nitrogens with two attached hydrogens (primary N) is 1. The van der Waals surface area contributed by atoms with E-state index >= 15 is 0 Å². The molecule has 0 spiro atoms. The van der Waals surface area contributed by atoms with Crippen LogP contribution in [0.15, 0.2) is 36.7 Å². The van der Waals surface area contributed by atoms with Crippen LogP contribution in [0, 0.1) is 18.3 Å². The minimum atomic E-state index is -0.344. The zero-order valence-electron chi connectivity index (χ0n) is 10.3. The minimum Gasteiger partial charge on any atom is -0.398 e. The van der Waals surface area contributed by atoms with E-state index in [1.54, 1.807) is 24.3 Å². The largest absolute Gasteiger partial charge is 0.398 e. The number of aromatic nitrogens is 1. The van der Waals surface area contributed by atoms with Gasteiger partial charge in [0.25, 0.3) is 5.91 Å². The van der Waals surface area contributed by atoms with Gasteiger partial charge in [-0.3, -0.25) is 9.78 Å². The maximum atomic E-state index is 12.1. The molecule has 0 unspecified atom stereocenters. The number of carbonyl (C=O) groups is 1. The van der Waals surface area contributed by atoms with Crippen LogP contribution in [-0.2, 0) is 0 Å². The van der Waals surface area contributed by atoms with E-state index in [1.807, 2.05) is 13.0 Å². The fourth-order valence-electron chi connectivity index (χ4n) is 1.61. The van der Waals surface area contributed by atoms with Crippen LogP contribution in [0.3, 0.4) is 0 Å². The molecule has 94 valence electrons. The highest BCUT2D eigenvalue weighted by Gasteiger charge is 2.11. The monoisotopic (exact) mass is 252 g/mol. The van der Waals surface area contributed by atoms with E-state index in [9.17, 15) is 4.79 Å². The average Bonchev–Trinajstić information content (AvgIpc) is 2.41. The van der Waals surface area contributed by atoms with Gasteiger partial charge in [0.2, 0.25) is 0 Å². The predicted octanol–water partition coefficient (Wildman–Crippen LogP) is 2.10. The van der Waals surface area contributed by atoms with E-state index in [1.165, 1.54) is 12.4 Å². The molecule has 0 bridgehead atoms. The zero-order valence-corrected chi connectivity index (χ0v) is 10.3. The molecule has 0 aliphatic carbocycles. The third-order valence-corrected chi connectivity index (χ3v) is 2.71. The number of amides is 1. The van der Waals surface area contributed by atoms with Crippen LogP contribution in [0.1, 0.15) is 21.5 Å². The fraction of sp³-hybridized carbons (Fsp3) is 0.0714. The Morgan fingerprint density at radius 3 is 2.89 bits per heavy atom. The van der Waals surface area contributed by atoms with E-state index in [2.05, 4.69) is 10.3 Å². The van der Waals surface area contributed by atoms with Crippen molar-refractivity contribution >= 4 is 17.3 Å². The normalized spacial score (nSPS) is 9.68. The number of pyridine rings is 1. The second kappa shape index (κ2) is 5.19. The number of nitrogens with zero attached hydrogens (tertiary/aromatic N) is 2. The number of rotatable bonds is 2.